The largest absolute Gasteiger partial charge is 0.206 e. The topological polar surface area (TPSA) is 0 Å². The SMILES string of the molecule is Fc1c(I)cccc1CCCCl. The van der Waals surface area contributed by atoms with Crippen LogP contribution in [0.15, 0.2) is 18.2 Å². The van der Waals surface area contributed by atoms with Crippen molar-refractivity contribution in [2.45, 2.75) is 12.8 Å². The van der Waals surface area contributed by atoms with E-state index in [1.807, 2.05) is 34.7 Å². The number of rotatable bonds is 3. The first-order valence-corrected chi connectivity index (χ1v) is 5.36. The van der Waals surface area contributed by atoms with Gasteiger partial charge in [-0.3, -0.25) is 0 Å². The van der Waals surface area contributed by atoms with Crippen LogP contribution in [0.5, 0.6) is 0 Å². The maximum Gasteiger partial charge on any atom is 0.139 e. The molecule has 0 bridgehead atoms. The lowest BCUT2D eigenvalue weighted by atomic mass is 10.1. The van der Waals surface area contributed by atoms with Crippen molar-refractivity contribution in [1.82, 2.24) is 0 Å². The Balaban J connectivity index is 2.78. The Bertz CT molecular complexity index is 263. The zero-order valence-electron chi connectivity index (χ0n) is 6.49. The van der Waals surface area contributed by atoms with Crippen molar-refractivity contribution in [1.29, 1.82) is 0 Å². The van der Waals surface area contributed by atoms with Gasteiger partial charge in [-0.1, -0.05) is 12.1 Å². The highest BCUT2D eigenvalue weighted by Gasteiger charge is 2.04. The molecule has 0 saturated carbocycles. The number of hydrogen-bond acceptors (Lipinski definition) is 0. The van der Waals surface area contributed by atoms with Gasteiger partial charge in [-0.2, -0.15) is 0 Å². The van der Waals surface area contributed by atoms with E-state index in [1.54, 1.807) is 6.07 Å². The molecule has 3 heteroatoms. The van der Waals surface area contributed by atoms with Gasteiger partial charge in [-0.25, -0.2) is 4.39 Å². The summed E-state index contributed by atoms with van der Waals surface area (Å²) in [4.78, 5) is 0. The van der Waals surface area contributed by atoms with E-state index in [0.29, 0.717) is 9.45 Å². The van der Waals surface area contributed by atoms with E-state index in [1.165, 1.54) is 0 Å². The Morgan fingerprint density at radius 2 is 2.17 bits per heavy atom. The third-order valence-corrected chi connectivity index (χ3v) is 2.71. The molecule has 0 heterocycles. The summed E-state index contributed by atoms with van der Waals surface area (Å²) in [5.41, 5.74) is 0.766. The molecule has 0 nitrogen and oxygen atoms in total. The lowest BCUT2D eigenvalue weighted by Crippen LogP contribution is -1.93. The Morgan fingerprint density at radius 3 is 2.83 bits per heavy atom. The van der Waals surface area contributed by atoms with E-state index >= 15 is 0 Å². The van der Waals surface area contributed by atoms with Gasteiger partial charge in [-0.15, -0.1) is 11.6 Å². The van der Waals surface area contributed by atoms with Crippen molar-refractivity contribution in [3.05, 3.63) is 33.1 Å². The Kier molecular flexibility index (Phi) is 4.29. The smallest absolute Gasteiger partial charge is 0.139 e. The second-order valence-corrected chi connectivity index (χ2v) is 4.05. The fourth-order valence-corrected chi connectivity index (χ4v) is 1.69. The molecule has 66 valence electrons. The summed E-state index contributed by atoms with van der Waals surface area (Å²) in [6.07, 6.45) is 1.56. The third kappa shape index (κ3) is 2.59. The zero-order valence-corrected chi connectivity index (χ0v) is 9.40. The molecule has 0 amide bonds. The van der Waals surface area contributed by atoms with Gasteiger partial charge in [0.1, 0.15) is 5.82 Å². The quantitative estimate of drug-likeness (QED) is 0.591. The molecule has 0 aliphatic rings. The van der Waals surface area contributed by atoms with Crippen LogP contribution < -0.4 is 0 Å². The van der Waals surface area contributed by atoms with Crippen LogP contribution in [0.25, 0.3) is 0 Å². The van der Waals surface area contributed by atoms with Gasteiger partial charge in [0, 0.05) is 9.45 Å². The molecule has 0 spiro atoms. The summed E-state index contributed by atoms with van der Waals surface area (Å²) in [6, 6.07) is 5.44. The predicted molar refractivity (Wildman–Crippen MR) is 58.2 cm³/mol. The first kappa shape index (κ1) is 10.3. The first-order valence-electron chi connectivity index (χ1n) is 3.74. The van der Waals surface area contributed by atoms with Gasteiger partial charge < -0.3 is 0 Å². The number of hydrogen-bond donors (Lipinski definition) is 0. The maximum absolute atomic E-state index is 13.3. The molecular formula is C9H9ClFI. The van der Waals surface area contributed by atoms with Crippen molar-refractivity contribution < 1.29 is 4.39 Å². The summed E-state index contributed by atoms with van der Waals surface area (Å²) in [5, 5.41) is 0. The highest BCUT2D eigenvalue weighted by molar-refractivity contribution is 14.1. The van der Waals surface area contributed by atoms with Crippen LogP contribution in [-0.2, 0) is 6.42 Å². The minimum Gasteiger partial charge on any atom is -0.206 e. The Labute approximate surface area is 90.3 Å². The molecule has 1 rings (SSSR count). The normalized spacial score (nSPS) is 10.2. The van der Waals surface area contributed by atoms with E-state index in [2.05, 4.69) is 0 Å². The van der Waals surface area contributed by atoms with Crippen LogP contribution in [0, 0.1) is 9.39 Å². The summed E-state index contributed by atoms with van der Waals surface area (Å²) < 4.78 is 14.0. The van der Waals surface area contributed by atoms with E-state index in [9.17, 15) is 4.39 Å². The van der Waals surface area contributed by atoms with E-state index < -0.39 is 0 Å². The van der Waals surface area contributed by atoms with Gasteiger partial charge in [0.05, 0.1) is 0 Å². The fourth-order valence-electron chi connectivity index (χ4n) is 0.999. The zero-order chi connectivity index (χ0) is 8.97. The van der Waals surface area contributed by atoms with Gasteiger partial charge in [0.2, 0.25) is 0 Å². The molecule has 0 unspecified atom stereocenters. The first-order chi connectivity index (χ1) is 5.75. The molecule has 0 N–H and O–H groups in total. The van der Waals surface area contributed by atoms with Crippen LogP contribution in [0.4, 0.5) is 4.39 Å². The highest BCUT2D eigenvalue weighted by Crippen LogP contribution is 2.16. The van der Waals surface area contributed by atoms with Crippen molar-refractivity contribution >= 4 is 34.2 Å². The lowest BCUT2D eigenvalue weighted by molar-refractivity contribution is 0.600. The Hall–Kier alpha value is 0.170. The molecule has 0 radical (unpaired) electrons. The standard InChI is InChI=1S/C9H9ClFI/c10-6-2-4-7-3-1-5-8(12)9(7)11/h1,3,5H,2,4,6H2. The monoisotopic (exact) mass is 298 g/mol. The summed E-state index contributed by atoms with van der Waals surface area (Å²) in [7, 11) is 0. The van der Waals surface area contributed by atoms with E-state index in [-0.39, 0.29) is 5.82 Å². The molecule has 0 aromatic heterocycles. The maximum atomic E-state index is 13.3. The minimum absolute atomic E-state index is 0.0942. The molecule has 0 aliphatic heterocycles. The third-order valence-electron chi connectivity index (χ3n) is 1.61. The number of alkyl halides is 1. The summed E-state index contributed by atoms with van der Waals surface area (Å²) in [6.45, 7) is 0. The van der Waals surface area contributed by atoms with Gasteiger partial charge in [0.25, 0.3) is 0 Å². The molecule has 1 aromatic rings. The fraction of sp³-hybridized carbons (Fsp3) is 0.333. The number of halogens is 3. The van der Waals surface area contributed by atoms with Crippen LogP contribution in [-0.4, -0.2) is 5.88 Å². The molecule has 0 atom stereocenters. The van der Waals surface area contributed by atoms with E-state index in [0.717, 1.165) is 18.4 Å². The number of aryl methyl sites for hydroxylation is 1. The van der Waals surface area contributed by atoms with Crippen molar-refractivity contribution in [2.24, 2.45) is 0 Å². The summed E-state index contributed by atoms with van der Waals surface area (Å²) >= 11 is 7.51. The molecule has 12 heavy (non-hydrogen) atoms. The van der Waals surface area contributed by atoms with E-state index in [4.69, 9.17) is 11.6 Å². The molecule has 0 aliphatic carbocycles. The van der Waals surface area contributed by atoms with Crippen molar-refractivity contribution in [3.63, 3.8) is 0 Å². The average molecular weight is 299 g/mol. The van der Waals surface area contributed by atoms with Crippen LogP contribution >= 0.6 is 34.2 Å². The van der Waals surface area contributed by atoms with Gasteiger partial charge >= 0.3 is 0 Å². The molecule has 0 saturated heterocycles. The van der Waals surface area contributed by atoms with Gasteiger partial charge in [0.15, 0.2) is 0 Å². The minimum atomic E-state index is -0.0942. The van der Waals surface area contributed by atoms with Crippen molar-refractivity contribution in [3.8, 4) is 0 Å². The molecule has 0 fully saturated rings. The predicted octanol–water partition coefficient (Wildman–Crippen LogP) is 3.60. The Morgan fingerprint density at radius 1 is 1.42 bits per heavy atom. The van der Waals surface area contributed by atoms with Crippen molar-refractivity contribution in [2.75, 3.05) is 5.88 Å². The molecular weight excluding hydrogens is 289 g/mol. The van der Waals surface area contributed by atoms with Gasteiger partial charge in [-0.05, 0) is 47.1 Å². The second kappa shape index (κ2) is 5.02. The van der Waals surface area contributed by atoms with Crippen LogP contribution in [0.3, 0.4) is 0 Å². The average Bonchev–Trinajstić information content (AvgIpc) is 2.08. The summed E-state index contributed by atoms with van der Waals surface area (Å²) in [5.74, 6) is 0.494. The molecule has 1 aromatic carbocycles. The second-order valence-electron chi connectivity index (χ2n) is 2.51. The van der Waals surface area contributed by atoms with Crippen LogP contribution in [0.2, 0.25) is 0 Å². The number of benzene rings is 1. The van der Waals surface area contributed by atoms with Crippen LogP contribution in [0.1, 0.15) is 12.0 Å². The highest BCUT2D eigenvalue weighted by atomic mass is 127. The lowest BCUT2D eigenvalue weighted by Gasteiger charge is -2.02.